The van der Waals surface area contributed by atoms with Crippen molar-refractivity contribution >= 4 is 33.2 Å². The van der Waals surface area contributed by atoms with Crippen molar-refractivity contribution in [3.8, 4) is 0 Å². The second kappa shape index (κ2) is 6.81. The van der Waals surface area contributed by atoms with E-state index in [9.17, 15) is 18.0 Å². The topological polar surface area (TPSA) is 78.0 Å². The molecule has 0 N–H and O–H groups in total. The summed E-state index contributed by atoms with van der Waals surface area (Å²) in [5.41, 5.74) is 0. The van der Waals surface area contributed by atoms with E-state index in [1.807, 2.05) is 4.90 Å². The predicted molar refractivity (Wildman–Crippen MR) is 90.0 cm³/mol. The molecule has 1 aromatic heterocycles. The lowest BCUT2D eigenvalue weighted by atomic mass is 10.2. The molecule has 24 heavy (non-hydrogen) atoms. The van der Waals surface area contributed by atoms with Crippen LogP contribution in [-0.4, -0.2) is 74.1 Å². The lowest BCUT2D eigenvalue weighted by Crippen LogP contribution is -2.53. The largest absolute Gasteiger partial charge is 0.339 e. The third-order valence-corrected chi connectivity index (χ3v) is 7.56. The van der Waals surface area contributed by atoms with Gasteiger partial charge in [0.05, 0.1) is 6.54 Å². The van der Waals surface area contributed by atoms with Crippen molar-refractivity contribution in [2.75, 3.05) is 39.8 Å². The van der Waals surface area contributed by atoms with Gasteiger partial charge in [-0.3, -0.25) is 9.59 Å². The number of sulfonamides is 1. The maximum absolute atomic E-state index is 12.4. The summed E-state index contributed by atoms with van der Waals surface area (Å²) in [6.45, 7) is 1.80. The minimum Gasteiger partial charge on any atom is -0.339 e. The van der Waals surface area contributed by atoms with Gasteiger partial charge in [0.25, 0.3) is 10.0 Å². The Hall–Kier alpha value is -1.45. The van der Waals surface area contributed by atoms with Crippen LogP contribution in [-0.2, 0) is 19.6 Å². The lowest BCUT2D eigenvalue weighted by Gasteiger charge is -2.35. The molecule has 7 nitrogen and oxygen atoms in total. The number of piperazine rings is 1. The molecule has 1 saturated heterocycles. The molecular formula is C15H21N3O4S2. The number of hydrogen-bond donors (Lipinski definition) is 0. The van der Waals surface area contributed by atoms with Crippen molar-refractivity contribution in [1.29, 1.82) is 0 Å². The van der Waals surface area contributed by atoms with Gasteiger partial charge in [0.2, 0.25) is 11.8 Å². The number of thiophene rings is 1. The summed E-state index contributed by atoms with van der Waals surface area (Å²) in [5.74, 6) is 0.157. The molecule has 0 bridgehead atoms. The number of carbonyl (C=O) groups is 2. The molecule has 1 aromatic rings. The van der Waals surface area contributed by atoms with Gasteiger partial charge in [-0.2, -0.15) is 4.31 Å². The Morgan fingerprint density at radius 2 is 1.83 bits per heavy atom. The van der Waals surface area contributed by atoms with Gasteiger partial charge in [-0.15, -0.1) is 11.3 Å². The van der Waals surface area contributed by atoms with Gasteiger partial charge < -0.3 is 9.80 Å². The number of rotatable bonds is 5. The molecule has 1 aliphatic carbocycles. The number of amides is 2. The maximum Gasteiger partial charge on any atom is 0.252 e. The normalized spacial score (nSPS) is 18.9. The Balaban J connectivity index is 1.53. The van der Waals surface area contributed by atoms with E-state index in [2.05, 4.69) is 0 Å². The predicted octanol–water partition coefficient (Wildman–Crippen LogP) is 0.449. The fourth-order valence-corrected chi connectivity index (χ4v) is 5.03. The molecule has 0 unspecified atom stereocenters. The SMILES string of the molecule is CN(CC(=O)N1CCN(C(=O)C2CC2)CC1)S(=O)(=O)c1cccs1. The highest BCUT2D eigenvalue weighted by molar-refractivity contribution is 7.91. The minimum atomic E-state index is -3.62. The Morgan fingerprint density at radius 3 is 2.38 bits per heavy atom. The van der Waals surface area contributed by atoms with E-state index < -0.39 is 10.0 Å². The third kappa shape index (κ3) is 3.62. The molecule has 132 valence electrons. The van der Waals surface area contributed by atoms with Gasteiger partial charge in [-0.25, -0.2) is 8.42 Å². The molecule has 2 heterocycles. The van der Waals surface area contributed by atoms with Crippen LogP contribution in [0.25, 0.3) is 0 Å². The summed E-state index contributed by atoms with van der Waals surface area (Å²) in [7, 11) is -2.20. The summed E-state index contributed by atoms with van der Waals surface area (Å²) in [6.07, 6.45) is 1.95. The van der Waals surface area contributed by atoms with Crippen LogP contribution in [0.5, 0.6) is 0 Å². The summed E-state index contributed by atoms with van der Waals surface area (Å²) in [5, 5.41) is 1.69. The first-order valence-corrected chi connectivity index (χ1v) is 10.3. The number of nitrogens with zero attached hydrogens (tertiary/aromatic N) is 3. The highest BCUT2D eigenvalue weighted by Crippen LogP contribution is 2.31. The van der Waals surface area contributed by atoms with Crippen molar-refractivity contribution in [3.05, 3.63) is 17.5 Å². The Kier molecular flexibility index (Phi) is 4.93. The number of carbonyl (C=O) groups excluding carboxylic acids is 2. The van der Waals surface area contributed by atoms with Crippen LogP contribution < -0.4 is 0 Å². The average molecular weight is 371 g/mol. The zero-order valence-electron chi connectivity index (χ0n) is 13.6. The monoisotopic (exact) mass is 371 g/mol. The highest BCUT2D eigenvalue weighted by atomic mass is 32.2. The van der Waals surface area contributed by atoms with E-state index in [-0.39, 0.29) is 28.5 Å². The Morgan fingerprint density at radius 1 is 1.21 bits per heavy atom. The van der Waals surface area contributed by atoms with Gasteiger partial charge >= 0.3 is 0 Å². The third-order valence-electron chi connectivity index (χ3n) is 4.39. The first kappa shape index (κ1) is 17.4. The van der Waals surface area contributed by atoms with Crippen molar-refractivity contribution in [2.24, 2.45) is 5.92 Å². The van der Waals surface area contributed by atoms with Crippen molar-refractivity contribution in [2.45, 2.75) is 17.1 Å². The summed E-state index contributed by atoms with van der Waals surface area (Å²) < 4.78 is 26.0. The molecule has 0 spiro atoms. The van der Waals surface area contributed by atoms with Crippen LogP contribution in [0.3, 0.4) is 0 Å². The molecule has 0 aromatic carbocycles. The summed E-state index contributed by atoms with van der Waals surface area (Å²) in [4.78, 5) is 27.8. The summed E-state index contributed by atoms with van der Waals surface area (Å²) in [6, 6.07) is 3.20. The van der Waals surface area contributed by atoms with Crippen LogP contribution in [0.4, 0.5) is 0 Å². The number of likely N-dealkylation sites (N-methyl/N-ethyl adjacent to an activating group) is 1. The van der Waals surface area contributed by atoms with Crippen molar-refractivity contribution in [1.82, 2.24) is 14.1 Å². The van der Waals surface area contributed by atoms with E-state index in [1.165, 1.54) is 13.1 Å². The fourth-order valence-electron chi connectivity index (χ4n) is 2.70. The molecule has 1 saturated carbocycles. The van der Waals surface area contributed by atoms with Gasteiger partial charge in [0, 0.05) is 39.1 Å². The van der Waals surface area contributed by atoms with E-state index in [4.69, 9.17) is 0 Å². The highest BCUT2D eigenvalue weighted by Gasteiger charge is 2.35. The van der Waals surface area contributed by atoms with Gasteiger partial charge in [-0.1, -0.05) is 6.07 Å². The van der Waals surface area contributed by atoms with E-state index in [0.717, 1.165) is 28.5 Å². The van der Waals surface area contributed by atoms with E-state index in [0.29, 0.717) is 26.2 Å². The second-order valence-electron chi connectivity index (χ2n) is 6.17. The molecule has 0 atom stereocenters. The van der Waals surface area contributed by atoms with Crippen molar-refractivity contribution < 1.29 is 18.0 Å². The number of hydrogen-bond acceptors (Lipinski definition) is 5. The van der Waals surface area contributed by atoms with Crippen LogP contribution in [0, 0.1) is 5.92 Å². The Bertz CT molecular complexity index is 705. The fraction of sp³-hybridized carbons (Fsp3) is 0.600. The molecule has 3 rings (SSSR count). The Labute approximate surface area is 145 Å². The molecule has 2 aliphatic rings. The molecular weight excluding hydrogens is 350 g/mol. The first-order chi connectivity index (χ1) is 11.4. The molecule has 2 fully saturated rings. The van der Waals surface area contributed by atoms with E-state index >= 15 is 0 Å². The zero-order chi connectivity index (χ0) is 17.3. The second-order valence-corrected chi connectivity index (χ2v) is 9.39. The molecule has 2 amide bonds. The summed E-state index contributed by atoms with van der Waals surface area (Å²) >= 11 is 1.13. The smallest absolute Gasteiger partial charge is 0.252 e. The van der Waals surface area contributed by atoms with Crippen molar-refractivity contribution in [3.63, 3.8) is 0 Å². The average Bonchev–Trinajstić information content (AvgIpc) is 3.27. The molecule has 1 aliphatic heterocycles. The van der Waals surface area contributed by atoms with Crippen LogP contribution in [0.1, 0.15) is 12.8 Å². The molecule has 9 heteroatoms. The van der Waals surface area contributed by atoms with Gasteiger partial charge in [0.1, 0.15) is 4.21 Å². The standard InChI is InChI=1S/C15H21N3O4S2/c1-16(24(21,22)14-3-2-10-23-14)11-13(19)17-6-8-18(9-7-17)15(20)12-4-5-12/h2-3,10,12H,4-9,11H2,1H3. The molecule has 0 radical (unpaired) electrons. The van der Waals surface area contributed by atoms with Crippen LogP contribution in [0.15, 0.2) is 21.7 Å². The van der Waals surface area contributed by atoms with Gasteiger partial charge in [-0.05, 0) is 24.3 Å². The quantitative estimate of drug-likeness (QED) is 0.753. The minimum absolute atomic E-state index is 0.184. The van der Waals surface area contributed by atoms with Gasteiger partial charge in [0.15, 0.2) is 0 Å². The van der Waals surface area contributed by atoms with Crippen LogP contribution in [0.2, 0.25) is 0 Å². The maximum atomic E-state index is 12.4. The lowest BCUT2D eigenvalue weighted by molar-refractivity contribution is -0.140. The van der Waals surface area contributed by atoms with Crippen LogP contribution >= 0.6 is 11.3 Å². The zero-order valence-corrected chi connectivity index (χ0v) is 15.2. The van der Waals surface area contributed by atoms with E-state index in [1.54, 1.807) is 16.3 Å². The first-order valence-electron chi connectivity index (χ1n) is 7.96.